The molecule has 18 heavy (non-hydrogen) atoms. The molecular formula is C13H18FIN2O. The summed E-state index contributed by atoms with van der Waals surface area (Å²) in [7, 11) is 0. The lowest BCUT2D eigenvalue weighted by atomic mass is 9.86. The summed E-state index contributed by atoms with van der Waals surface area (Å²) in [5.74, 6) is -0.563. The van der Waals surface area contributed by atoms with E-state index in [0.29, 0.717) is 15.7 Å². The standard InChI is InChI=1S/C13H18FIN2O/c1-13(2,3)11(7-16)17-12(18)9-5-4-8(14)6-10(9)15/h4-6,11H,7,16H2,1-3H3,(H,17,18). The molecule has 0 aromatic heterocycles. The van der Waals surface area contributed by atoms with Crippen LogP contribution < -0.4 is 11.1 Å². The molecule has 0 spiro atoms. The van der Waals surface area contributed by atoms with Crippen LogP contribution in [-0.2, 0) is 0 Å². The molecule has 3 nitrogen and oxygen atoms in total. The molecule has 1 rings (SSSR count). The van der Waals surface area contributed by atoms with Crippen LogP contribution in [0.5, 0.6) is 0 Å². The Labute approximate surface area is 120 Å². The van der Waals surface area contributed by atoms with Crippen molar-refractivity contribution in [3.63, 3.8) is 0 Å². The summed E-state index contributed by atoms with van der Waals surface area (Å²) >= 11 is 1.95. The number of rotatable bonds is 3. The van der Waals surface area contributed by atoms with Crippen LogP contribution in [0.25, 0.3) is 0 Å². The molecule has 1 aromatic rings. The maximum Gasteiger partial charge on any atom is 0.252 e. The second-order valence-corrected chi connectivity index (χ2v) is 6.41. The van der Waals surface area contributed by atoms with Gasteiger partial charge in [-0.2, -0.15) is 0 Å². The number of benzene rings is 1. The van der Waals surface area contributed by atoms with Crippen LogP contribution in [-0.4, -0.2) is 18.5 Å². The fraction of sp³-hybridized carbons (Fsp3) is 0.462. The topological polar surface area (TPSA) is 55.1 Å². The predicted octanol–water partition coefficient (Wildman–Crippen LogP) is 2.53. The van der Waals surface area contributed by atoms with Crippen molar-refractivity contribution in [2.75, 3.05) is 6.54 Å². The van der Waals surface area contributed by atoms with E-state index in [1.807, 2.05) is 43.4 Å². The van der Waals surface area contributed by atoms with Crippen molar-refractivity contribution in [3.8, 4) is 0 Å². The summed E-state index contributed by atoms with van der Waals surface area (Å²) in [6.45, 7) is 6.41. The second kappa shape index (κ2) is 5.97. The van der Waals surface area contributed by atoms with Gasteiger partial charge in [-0.15, -0.1) is 0 Å². The van der Waals surface area contributed by atoms with Gasteiger partial charge >= 0.3 is 0 Å². The minimum atomic E-state index is -0.345. The largest absolute Gasteiger partial charge is 0.347 e. The second-order valence-electron chi connectivity index (χ2n) is 5.25. The molecule has 1 amide bonds. The van der Waals surface area contributed by atoms with Crippen molar-refractivity contribution < 1.29 is 9.18 Å². The van der Waals surface area contributed by atoms with E-state index in [2.05, 4.69) is 5.32 Å². The van der Waals surface area contributed by atoms with E-state index < -0.39 is 0 Å². The first-order chi connectivity index (χ1) is 8.25. The van der Waals surface area contributed by atoms with Crippen LogP contribution in [0, 0.1) is 14.8 Å². The molecule has 0 aliphatic heterocycles. The number of halogens is 2. The Balaban J connectivity index is 2.88. The van der Waals surface area contributed by atoms with E-state index in [0.717, 1.165) is 0 Å². The van der Waals surface area contributed by atoms with E-state index in [1.54, 1.807) is 0 Å². The molecule has 0 bridgehead atoms. The monoisotopic (exact) mass is 364 g/mol. The molecule has 0 radical (unpaired) electrons. The number of carbonyl (C=O) groups excluding carboxylic acids is 1. The van der Waals surface area contributed by atoms with E-state index >= 15 is 0 Å². The molecule has 0 fully saturated rings. The normalized spacial score (nSPS) is 13.2. The van der Waals surface area contributed by atoms with Gasteiger partial charge in [0.15, 0.2) is 0 Å². The molecule has 1 unspecified atom stereocenters. The summed E-state index contributed by atoms with van der Waals surface area (Å²) in [4.78, 5) is 12.1. The fourth-order valence-electron chi connectivity index (χ4n) is 1.54. The first kappa shape index (κ1) is 15.4. The molecule has 5 heteroatoms. The van der Waals surface area contributed by atoms with Gasteiger partial charge in [0.05, 0.1) is 5.56 Å². The molecule has 1 aromatic carbocycles. The molecular weight excluding hydrogens is 346 g/mol. The lowest BCUT2D eigenvalue weighted by Gasteiger charge is -2.30. The van der Waals surface area contributed by atoms with E-state index in [4.69, 9.17) is 5.73 Å². The third-order valence-electron chi connectivity index (χ3n) is 2.76. The van der Waals surface area contributed by atoms with Crippen LogP contribution in [0.4, 0.5) is 4.39 Å². The number of amides is 1. The van der Waals surface area contributed by atoms with Gasteiger partial charge in [0.1, 0.15) is 5.82 Å². The van der Waals surface area contributed by atoms with Crippen LogP contribution in [0.3, 0.4) is 0 Å². The van der Waals surface area contributed by atoms with Crippen molar-refractivity contribution in [1.29, 1.82) is 0 Å². The Morgan fingerprint density at radius 2 is 2.11 bits per heavy atom. The lowest BCUT2D eigenvalue weighted by molar-refractivity contribution is 0.0904. The number of carbonyl (C=O) groups is 1. The lowest BCUT2D eigenvalue weighted by Crippen LogP contribution is -2.48. The summed E-state index contributed by atoms with van der Waals surface area (Å²) in [5, 5.41) is 2.89. The number of nitrogens with one attached hydrogen (secondary N) is 1. The van der Waals surface area contributed by atoms with Gasteiger partial charge in [0, 0.05) is 16.2 Å². The zero-order valence-electron chi connectivity index (χ0n) is 10.8. The van der Waals surface area contributed by atoms with E-state index in [-0.39, 0.29) is 23.2 Å². The Bertz CT molecular complexity index is 443. The Morgan fingerprint density at radius 3 is 2.56 bits per heavy atom. The Kier molecular flexibility index (Phi) is 5.10. The molecule has 0 aliphatic rings. The van der Waals surface area contributed by atoms with Gasteiger partial charge in [-0.1, -0.05) is 20.8 Å². The van der Waals surface area contributed by atoms with Gasteiger partial charge < -0.3 is 11.1 Å². The quantitative estimate of drug-likeness (QED) is 0.810. The van der Waals surface area contributed by atoms with Crippen molar-refractivity contribution in [2.24, 2.45) is 11.1 Å². The van der Waals surface area contributed by atoms with Gasteiger partial charge in [-0.3, -0.25) is 4.79 Å². The van der Waals surface area contributed by atoms with Crippen LogP contribution in [0.15, 0.2) is 18.2 Å². The van der Waals surface area contributed by atoms with E-state index in [1.165, 1.54) is 18.2 Å². The first-order valence-corrected chi connectivity index (χ1v) is 6.79. The maximum absolute atomic E-state index is 13.0. The van der Waals surface area contributed by atoms with E-state index in [9.17, 15) is 9.18 Å². The van der Waals surface area contributed by atoms with Crippen LogP contribution in [0.2, 0.25) is 0 Å². The minimum absolute atomic E-state index is 0.115. The highest BCUT2D eigenvalue weighted by molar-refractivity contribution is 14.1. The highest BCUT2D eigenvalue weighted by Crippen LogP contribution is 2.20. The van der Waals surface area contributed by atoms with Gasteiger partial charge in [0.25, 0.3) is 5.91 Å². The zero-order chi connectivity index (χ0) is 13.9. The van der Waals surface area contributed by atoms with Crippen molar-refractivity contribution in [3.05, 3.63) is 33.1 Å². The molecule has 1 atom stereocenters. The van der Waals surface area contributed by atoms with Crippen LogP contribution >= 0.6 is 22.6 Å². The van der Waals surface area contributed by atoms with Crippen molar-refractivity contribution in [2.45, 2.75) is 26.8 Å². The number of hydrogen-bond donors (Lipinski definition) is 2. The summed E-state index contributed by atoms with van der Waals surface area (Å²) < 4.78 is 13.6. The first-order valence-electron chi connectivity index (χ1n) is 5.71. The number of hydrogen-bond acceptors (Lipinski definition) is 2. The average Bonchev–Trinajstić information content (AvgIpc) is 2.23. The fourth-order valence-corrected chi connectivity index (χ4v) is 2.26. The highest BCUT2D eigenvalue weighted by Gasteiger charge is 2.25. The maximum atomic E-state index is 13.0. The van der Waals surface area contributed by atoms with Crippen molar-refractivity contribution in [1.82, 2.24) is 5.32 Å². The summed E-state index contributed by atoms with van der Waals surface area (Å²) in [6.07, 6.45) is 0. The summed E-state index contributed by atoms with van der Waals surface area (Å²) in [6, 6.07) is 3.99. The predicted molar refractivity (Wildman–Crippen MR) is 78.9 cm³/mol. The third-order valence-corrected chi connectivity index (χ3v) is 3.65. The number of nitrogens with two attached hydrogens (primary N) is 1. The molecule has 0 saturated carbocycles. The zero-order valence-corrected chi connectivity index (χ0v) is 12.9. The molecule has 100 valence electrons. The Morgan fingerprint density at radius 1 is 1.50 bits per heavy atom. The molecule has 3 N–H and O–H groups in total. The van der Waals surface area contributed by atoms with Gasteiger partial charge in [-0.05, 0) is 46.2 Å². The average molecular weight is 364 g/mol. The SMILES string of the molecule is CC(C)(C)C(CN)NC(=O)c1ccc(F)cc1I. The minimum Gasteiger partial charge on any atom is -0.347 e. The smallest absolute Gasteiger partial charge is 0.252 e. The molecule has 0 saturated heterocycles. The third kappa shape index (κ3) is 3.91. The molecule has 0 heterocycles. The van der Waals surface area contributed by atoms with Crippen molar-refractivity contribution >= 4 is 28.5 Å². The van der Waals surface area contributed by atoms with Gasteiger partial charge in [0.2, 0.25) is 0 Å². The Hall–Kier alpha value is -0.690. The van der Waals surface area contributed by atoms with Crippen LogP contribution in [0.1, 0.15) is 31.1 Å². The molecule has 0 aliphatic carbocycles. The summed E-state index contributed by atoms with van der Waals surface area (Å²) in [5.41, 5.74) is 6.03. The highest BCUT2D eigenvalue weighted by atomic mass is 127. The van der Waals surface area contributed by atoms with Gasteiger partial charge in [-0.25, -0.2) is 4.39 Å².